The van der Waals surface area contributed by atoms with E-state index >= 15 is 0 Å². The molecule has 0 aromatic rings. The second kappa shape index (κ2) is 13.0. The molecule has 0 amide bonds. The molecule has 0 aliphatic heterocycles. The molecule has 1 saturated carbocycles. The van der Waals surface area contributed by atoms with Crippen molar-refractivity contribution in [3.05, 3.63) is 12.2 Å². The van der Waals surface area contributed by atoms with Crippen molar-refractivity contribution in [2.75, 3.05) is 7.11 Å². The molecule has 0 spiro atoms. The predicted molar refractivity (Wildman–Crippen MR) is 103 cm³/mol. The third-order valence-corrected chi connectivity index (χ3v) is 5.35. The summed E-state index contributed by atoms with van der Waals surface area (Å²) in [5, 5.41) is 30.5. The van der Waals surface area contributed by atoms with Crippen LogP contribution >= 0.6 is 0 Å². The first-order chi connectivity index (χ1) is 12.9. The number of carbonyl (C=O) groups is 2. The van der Waals surface area contributed by atoms with Gasteiger partial charge in [-0.25, -0.2) is 0 Å². The Balaban J connectivity index is 2.48. The standard InChI is InChI=1S/C21H36O6/c1-3-4-5-8-15(22)11-12-17-18(20(25)14-19(17)24)13-16(23)9-6-7-10-21(26)27-2/h11-12,15,17-20,22,24-25H,3-10,13-14H2,1-2H3/b12-11+/t15-,17?,18+,19+,20-/m0/s1. The van der Waals surface area contributed by atoms with E-state index in [1.165, 1.54) is 7.11 Å². The summed E-state index contributed by atoms with van der Waals surface area (Å²) in [6, 6.07) is 0. The van der Waals surface area contributed by atoms with E-state index < -0.39 is 18.3 Å². The Morgan fingerprint density at radius 2 is 1.81 bits per heavy atom. The highest BCUT2D eigenvalue weighted by Gasteiger charge is 2.41. The lowest BCUT2D eigenvalue weighted by atomic mass is 9.87. The second-order valence-electron chi connectivity index (χ2n) is 7.59. The lowest BCUT2D eigenvalue weighted by Gasteiger charge is -2.20. The summed E-state index contributed by atoms with van der Waals surface area (Å²) in [7, 11) is 1.34. The van der Waals surface area contributed by atoms with E-state index in [0.717, 1.165) is 19.3 Å². The highest BCUT2D eigenvalue weighted by molar-refractivity contribution is 5.78. The van der Waals surface area contributed by atoms with Crippen LogP contribution in [0.2, 0.25) is 0 Å². The molecule has 1 unspecified atom stereocenters. The van der Waals surface area contributed by atoms with Crippen molar-refractivity contribution < 1.29 is 29.6 Å². The molecule has 0 bridgehead atoms. The maximum Gasteiger partial charge on any atom is 0.305 e. The van der Waals surface area contributed by atoms with Crippen molar-refractivity contribution in [1.29, 1.82) is 0 Å². The maximum absolute atomic E-state index is 12.2. The van der Waals surface area contributed by atoms with Crippen molar-refractivity contribution in [2.45, 2.75) is 89.4 Å². The van der Waals surface area contributed by atoms with E-state index in [9.17, 15) is 24.9 Å². The summed E-state index contributed by atoms with van der Waals surface area (Å²) >= 11 is 0. The van der Waals surface area contributed by atoms with Crippen LogP contribution in [0.15, 0.2) is 12.2 Å². The molecule has 0 saturated heterocycles. The van der Waals surface area contributed by atoms with E-state index in [0.29, 0.717) is 32.1 Å². The normalized spacial score (nSPS) is 26.4. The Morgan fingerprint density at radius 1 is 1.11 bits per heavy atom. The van der Waals surface area contributed by atoms with Gasteiger partial charge in [-0.1, -0.05) is 38.3 Å². The Labute approximate surface area is 162 Å². The van der Waals surface area contributed by atoms with Gasteiger partial charge in [-0.3, -0.25) is 9.59 Å². The predicted octanol–water partition coefficient (Wildman–Crippen LogP) is 2.53. The monoisotopic (exact) mass is 384 g/mol. The number of methoxy groups -OCH3 is 1. The zero-order chi connectivity index (χ0) is 20.2. The molecular formula is C21H36O6. The third-order valence-electron chi connectivity index (χ3n) is 5.35. The molecule has 0 aromatic carbocycles. The molecule has 156 valence electrons. The number of hydrogen-bond donors (Lipinski definition) is 3. The number of Topliss-reactive ketones (excluding diaryl/α,β-unsaturated/α-hetero) is 1. The quantitative estimate of drug-likeness (QED) is 0.256. The summed E-state index contributed by atoms with van der Waals surface area (Å²) < 4.78 is 4.57. The van der Waals surface area contributed by atoms with Crippen LogP contribution in [0, 0.1) is 11.8 Å². The summed E-state index contributed by atoms with van der Waals surface area (Å²) in [6.45, 7) is 2.11. The number of ketones is 1. The van der Waals surface area contributed by atoms with Gasteiger partial charge >= 0.3 is 5.97 Å². The fourth-order valence-electron chi connectivity index (χ4n) is 3.68. The number of unbranched alkanes of at least 4 members (excludes halogenated alkanes) is 3. The van der Waals surface area contributed by atoms with E-state index in [4.69, 9.17) is 0 Å². The van der Waals surface area contributed by atoms with Crippen LogP contribution in [-0.2, 0) is 14.3 Å². The summed E-state index contributed by atoms with van der Waals surface area (Å²) in [5.41, 5.74) is 0. The molecule has 6 nitrogen and oxygen atoms in total. The fourth-order valence-corrected chi connectivity index (χ4v) is 3.68. The number of esters is 1. The molecule has 5 atom stereocenters. The smallest absolute Gasteiger partial charge is 0.305 e. The van der Waals surface area contributed by atoms with E-state index in [2.05, 4.69) is 11.7 Å². The Morgan fingerprint density at radius 3 is 2.48 bits per heavy atom. The molecule has 1 aliphatic rings. The fraction of sp³-hybridized carbons (Fsp3) is 0.810. The molecule has 27 heavy (non-hydrogen) atoms. The first-order valence-electron chi connectivity index (χ1n) is 10.2. The largest absolute Gasteiger partial charge is 0.469 e. The minimum absolute atomic E-state index is 0.0277. The molecule has 0 aromatic heterocycles. The molecule has 6 heteroatoms. The lowest BCUT2D eigenvalue weighted by molar-refractivity contribution is -0.140. The van der Waals surface area contributed by atoms with Gasteiger partial charge in [0.05, 0.1) is 25.4 Å². The Hall–Kier alpha value is -1.24. The van der Waals surface area contributed by atoms with Crippen LogP contribution in [0.25, 0.3) is 0 Å². The SMILES string of the molecule is CCCCC[C@H](O)/C=C/C1[C@H](O)C[C@H](O)[C@@H]1CC(=O)CCCCC(=O)OC. The minimum Gasteiger partial charge on any atom is -0.469 e. The van der Waals surface area contributed by atoms with Crippen LogP contribution in [0.1, 0.15) is 71.1 Å². The van der Waals surface area contributed by atoms with Crippen LogP contribution in [0.3, 0.4) is 0 Å². The van der Waals surface area contributed by atoms with Crippen LogP contribution in [0.5, 0.6) is 0 Å². The number of hydrogen-bond acceptors (Lipinski definition) is 6. The first-order valence-corrected chi connectivity index (χ1v) is 10.2. The van der Waals surface area contributed by atoms with Gasteiger partial charge in [0, 0.05) is 37.5 Å². The number of carbonyl (C=O) groups excluding carboxylic acids is 2. The van der Waals surface area contributed by atoms with Gasteiger partial charge in [0.25, 0.3) is 0 Å². The van der Waals surface area contributed by atoms with Crippen molar-refractivity contribution in [3.8, 4) is 0 Å². The minimum atomic E-state index is -0.717. The van der Waals surface area contributed by atoms with Crippen LogP contribution in [-0.4, -0.2) is 52.5 Å². The highest BCUT2D eigenvalue weighted by atomic mass is 16.5. The molecule has 3 N–H and O–H groups in total. The average Bonchev–Trinajstić information content (AvgIpc) is 2.89. The zero-order valence-corrected chi connectivity index (χ0v) is 16.7. The zero-order valence-electron chi connectivity index (χ0n) is 16.7. The van der Waals surface area contributed by atoms with Gasteiger partial charge in [-0.15, -0.1) is 0 Å². The van der Waals surface area contributed by atoms with Crippen LogP contribution < -0.4 is 0 Å². The molecule has 0 radical (unpaired) electrons. The molecular weight excluding hydrogens is 348 g/mol. The van der Waals surface area contributed by atoms with Gasteiger partial charge in [-0.05, 0) is 19.3 Å². The van der Waals surface area contributed by atoms with E-state index in [1.807, 2.05) is 0 Å². The van der Waals surface area contributed by atoms with Crippen molar-refractivity contribution in [3.63, 3.8) is 0 Å². The van der Waals surface area contributed by atoms with E-state index in [1.54, 1.807) is 12.2 Å². The van der Waals surface area contributed by atoms with Crippen molar-refractivity contribution in [2.24, 2.45) is 11.8 Å². The van der Waals surface area contributed by atoms with Gasteiger partial charge < -0.3 is 20.1 Å². The molecule has 1 aliphatic carbocycles. The average molecular weight is 385 g/mol. The van der Waals surface area contributed by atoms with Gasteiger partial charge in [0.15, 0.2) is 0 Å². The molecule has 1 fully saturated rings. The van der Waals surface area contributed by atoms with E-state index in [-0.39, 0.29) is 36.4 Å². The van der Waals surface area contributed by atoms with Gasteiger partial charge in [0.2, 0.25) is 0 Å². The number of ether oxygens (including phenoxy) is 1. The highest BCUT2D eigenvalue weighted by Crippen LogP contribution is 2.36. The van der Waals surface area contributed by atoms with Crippen molar-refractivity contribution >= 4 is 11.8 Å². The summed E-state index contributed by atoms with van der Waals surface area (Å²) in [5.74, 6) is -0.897. The second-order valence-corrected chi connectivity index (χ2v) is 7.59. The lowest BCUT2D eigenvalue weighted by Crippen LogP contribution is -2.24. The van der Waals surface area contributed by atoms with Gasteiger partial charge in [0.1, 0.15) is 5.78 Å². The number of aliphatic hydroxyl groups is 3. The number of rotatable bonds is 13. The van der Waals surface area contributed by atoms with Gasteiger partial charge in [-0.2, -0.15) is 0 Å². The summed E-state index contributed by atoms with van der Waals surface area (Å²) in [6.07, 6.45) is 7.60. The first kappa shape index (κ1) is 23.8. The summed E-state index contributed by atoms with van der Waals surface area (Å²) in [4.78, 5) is 23.3. The number of aliphatic hydroxyl groups excluding tert-OH is 3. The third kappa shape index (κ3) is 9.00. The Kier molecular flexibility index (Phi) is 11.5. The molecule has 0 heterocycles. The maximum atomic E-state index is 12.2. The topological polar surface area (TPSA) is 104 Å². The molecule has 1 rings (SSSR count). The van der Waals surface area contributed by atoms with Crippen molar-refractivity contribution in [1.82, 2.24) is 0 Å². The van der Waals surface area contributed by atoms with Crippen LogP contribution in [0.4, 0.5) is 0 Å². The Bertz CT molecular complexity index is 475.